The number of anilines is 1. The maximum atomic E-state index is 12.5. The van der Waals surface area contributed by atoms with Gasteiger partial charge in [-0.1, -0.05) is 0 Å². The summed E-state index contributed by atoms with van der Waals surface area (Å²) in [5.74, 6) is -1.08. The van der Waals surface area contributed by atoms with E-state index >= 15 is 0 Å². The second-order valence-electron chi connectivity index (χ2n) is 5.45. The number of hydrogen-bond acceptors (Lipinski definition) is 4. The lowest BCUT2D eigenvalue weighted by Crippen LogP contribution is -2.35. The van der Waals surface area contributed by atoms with E-state index in [0.29, 0.717) is 12.8 Å². The number of carboxylic acids is 1. The summed E-state index contributed by atoms with van der Waals surface area (Å²) in [5, 5.41) is 11.9. The second-order valence-corrected chi connectivity index (χ2v) is 5.45. The van der Waals surface area contributed by atoms with E-state index in [1.807, 2.05) is 0 Å². The number of nitrogens with zero attached hydrogens (tertiary/aromatic N) is 2. The van der Waals surface area contributed by atoms with Gasteiger partial charge in [0.2, 0.25) is 5.91 Å². The second kappa shape index (κ2) is 3.88. The Morgan fingerprint density at radius 2 is 2.19 bits per heavy atom. The average Bonchev–Trinajstić information content (AvgIpc) is 2.98. The summed E-state index contributed by atoms with van der Waals surface area (Å²) < 4.78 is 0. The summed E-state index contributed by atoms with van der Waals surface area (Å²) in [6, 6.07) is 3.39. The Bertz CT molecular complexity index is 803. The molecule has 2 aromatic rings. The molecule has 1 aliphatic carbocycles. The van der Waals surface area contributed by atoms with Gasteiger partial charge >= 0.3 is 5.97 Å². The van der Waals surface area contributed by atoms with Crippen LogP contribution in [-0.2, 0) is 23.1 Å². The minimum atomic E-state index is -1.01. The van der Waals surface area contributed by atoms with Crippen LogP contribution >= 0.6 is 0 Å². The zero-order valence-corrected chi connectivity index (χ0v) is 11.0. The molecule has 4 rings (SSSR count). The molecule has 1 spiro atoms. The number of amides is 1. The Morgan fingerprint density at radius 3 is 3.00 bits per heavy atom. The van der Waals surface area contributed by atoms with Gasteiger partial charge in [-0.25, -0.2) is 4.79 Å². The van der Waals surface area contributed by atoms with Crippen molar-refractivity contribution in [1.82, 2.24) is 9.97 Å². The molecule has 1 atom stereocenters. The van der Waals surface area contributed by atoms with Crippen molar-refractivity contribution in [3.8, 4) is 0 Å². The predicted octanol–water partition coefficient (Wildman–Crippen LogP) is 1.16. The van der Waals surface area contributed by atoms with Crippen LogP contribution in [-0.4, -0.2) is 27.0 Å². The third-order valence-corrected chi connectivity index (χ3v) is 4.29. The van der Waals surface area contributed by atoms with Gasteiger partial charge in [0.1, 0.15) is 0 Å². The van der Waals surface area contributed by atoms with E-state index in [1.165, 1.54) is 6.20 Å². The Morgan fingerprint density at radius 1 is 1.33 bits per heavy atom. The number of aromatic nitrogens is 2. The fourth-order valence-electron chi connectivity index (χ4n) is 3.24. The largest absolute Gasteiger partial charge is 0.478 e. The van der Waals surface area contributed by atoms with E-state index in [4.69, 9.17) is 5.11 Å². The van der Waals surface area contributed by atoms with Crippen LogP contribution in [0.15, 0.2) is 30.7 Å². The number of carboxylic acid groups (broad SMARTS) is 1. The van der Waals surface area contributed by atoms with Gasteiger partial charge < -0.3 is 10.4 Å². The highest BCUT2D eigenvalue weighted by atomic mass is 16.4. The Labute approximate surface area is 119 Å². The molecule has 104 valence electrons. The lowest BCUT2D eigenvalue weighted by Gasteiger charge is -2.19. The van der Waals surface area contributed by atoms with Gasteiger partial charge in [-0.2, -0.15) is 0 Å². The molecule has 1 aliphatic heterocycles. The van der Waals surface area contributed by atoms with Crippen LogP contribution in [0.25, 0.3) is 0 Å². The highest BCUT2D eigenvalue weighted by molar-refractivity contribution is 6.07. The smallest absolute Gasteiger partial charge is 0.337 e. The molecule has 0 unspecified atom stereocenters. The Kier molecular flexibility index (Phi) is 2.22. The fourth-order valence-corrected chi connectivity index (χ4v) is 3.24. The molecular formula is C15H11N3O3. The van der Waals surface area contributed by atoms with Crippen molar-refractivity contribution in [2.75, 3.05) is 5.32 Å². The molecular weight excluding hydrogens is 270 g/mol. The minimum Gasteiger partial charge on any atom is -0.478 e. The zero-order valence-electron chi connectivity index (χ0n) is 11.0. The normalized spacial score (nSPS) is 22.0. The highest BCUT2D eigenvalue weighted by Crippen LogP contribution is 2.46. The van der Waals surface area contributed by atoms with Gasteiger partial charge in [-0.05, 0) is 24.1 Å². The van der Waals surface area contributed by atoms with E-state index in [9.17, 15) is 9.59 Å². The zero-order chi connectivity index (χ0) is 14.6. The molecule has 6 nitrogen and oxygen atoms in total. The van der Waals surface area contributed by atoms with E-state index in [-0.39, 0.29) is 11.5 Å². The predicted molar refractivity (Wildman–Crippen MR) is 73.1 cm³/mol. The Hall–Kier alpha value is -2.76. The summed E-state index contributed by atoms with van der Waals surface area (Å²) in [4.78, 5) is 31.8. The maximum Gasteiger partial charge on any atom is 0.337 e. The van der Waals surface area contributed by atoms with Crippen molar-refractivity contribution < 1.29 is 14.7 Å². The summed E-state index contributed by atoms with van der Waals surface area (Å²) in [6.45, 7) is 0. The van der Waals surface area contributed by atoms with Crippen molar-refractivity contribution in [1.29, 1.82) is 0 Å². The molecule has 0 aromatic carbocycles. The quantitative estimate of drug-likeness (QED) is 0.818. The topological polar surface area (TPSA) is 92.2 Å². The van der Waals surface area contributed by atoms with Crippen LogP contribution in [0.3, 0.4) is 0 Å². The standard InChI is InChI=1S/C15H11N3O3/c19-13(20)9-3-8-4-15(5-12(8)17-6-9)10-7-16-2-1-11(10)18-14(15)21/h1-3,6-7H,4-5H2,(H,18,21)(H,19,20)/t15-/m0/s1. The van der Waals surface area contributed by atoms with Crippen molar-refractivity contribution in [3.05, 3.63) is 53.1 Å². The van der Waals surface area contributed by atoms with Crippen LogP contribution in [0.5, 0.6) is 0 Å². The first-order valence-corrected chi connectivity index (χ1v) is 6.57. The SMILES string of the molecule is O=C(O)c1cnc2c(c1)C[C@@]1(C2)C(=O)Nc2ccncc21. The number of nitrogens with one attached hydrogen (secondary N) is 1. The number of hydrogen-bond donors (Lipinski definition) is 2. The van der Waals surface area contributed by atoms with Gasteiger partial charge in [0.15, 0.2) is 0 Å². The number of fused-ring (bicyclic) bond motifs is 3. The maximum absolute atomic E-state index is 12.5. The summed E-state index contributed by atoms with van der Waals surface area (Å²) in [6.07, 6.45) is 5.63. The van der Waals surface area contributed by atoms with E-state index in [0.717, 1.165) is 22.5 Å². The molecule has 0 bridgehead atoms. The van der Waals surface area contributed by atoms with E-state index in [1.54, 1.807) is 24.5 Å². The molecule has 6 heteroatoms. The first-order chi connectivity index (χ1) is 10.1. The van der Waals surface area contributed by atoms with Gasteiger partial charge in [0.25, 0.3) is 0 Å². The van der Waals surface area contributed by atoms with Crippen LogP contribution < -0.4 is 5.32 Å². The lowest BCUT2D eigenvalue weighted by molar-refractivity contribution is -0.120. The molecule has 0 saturated heterocycles. The molecule has 1 amide bonds. The third-order valence-electron chi connectivity index (χ3n) is 4.29. The van der Waals surface area contributed by atoms with Crippen LogP contribution in [0, 0.1) is 0 Å². The van der Waals surface area contributed by atoms with Crippen molar-refractivity contribution in [2.24, 2.45) is 0 Å². The first kappa shape index (κ1) is 12.0. The van der Waals surface area contributed by atoms with Crippen LogP contribution in [0.4, 0.5) is 5.69 Å². The summed E-state index contributed by atoms with van der Waals surface area (Å²) >= 11 is 0. The summed E-state index contributed by atoms with van der Waals surface area (Å²) in [5.41, 5.74) is 2.70. The van der Waals surface area contributed by atoms with Crippen LogP contribution in [0.1, 0.15) is 27.2 Å². The molecule has 0 fully saturated rings. The summed E-state index contributed by atoms with van der Waals surface area (Å²) in [7, 11) is 0. The lowest BCUT2D eigenvalue weighted by atomic mass is 9.80. The molecule has 3 heterocycles. The molecule has 2 aliphatic rings. The van der Waals surface area contributed by atoms with Crippen molar-refractivity contribution >= 4 is 17.6 Å². The minimum absolute atomic E-state index is 0.0691. The van der Waals surface area contributed by atoms with Gasteiger partial charge in [0.05, 0.1) is 11.0 Å². The van der Waals surface area contributed by atoms with Crippen molar-refractivity contribution in [3.63, 3.8) is 0 Å². The monoisotopic (exact) mass is 281 g/mol. The van der Waals surface area contributed by atoms with Gasteiger partial charge in [-0.15, -0.1) is 0 Å². The number of rotatable bonds is 1. The average molecular weight is 281 g/mol. The number of pyridine rings is 2. The highest BCUT2D eigenvalue weighted by Gasteiger charge is 2.51. The fraction of sp³-hybridized carbons (Fsp3) is 0.200. The van der Waals surface area contributed by atoms with Gasteiger partial charge in [0, 0.05) is 42.0 Å². The first-order valence-electron chi connectivity index (χ1n) is 6.57. The number of aromatic carboxylic acids is 1. The molecule has 21 heavy (non-hydrogen) atoms. The van der Waals surface area contributed by atoms with Crippen LogP contribution in [0.2, 0.25) is 0 Å². The molecule has 2 aromatic heterocycles. The number of carbonyl (C=O) groups excluding carboxylic acids is 1. The number of carbonyl (C=O) groups is 2. The van der Waals surface area contributed by atoms with Gasteiger partial charge in [-0.3, -0.25) is 14.8 Å². The molecule has 0 radical (unpaired) electrons. The molecule has 0 saturated carbocycles. The van der Waals surface area contributed by atoms with Crippen molar-refractivity contribution in [2.45, 2.75) is 18.3 Å². The Balaban J connectivity index is 1.83. The third kappa shape index (κ3) is 1.53. The molecule has 2 N–H and O–H groups in total. The van der Waals surface area contributed by atoms with E-state index < -0.39 is 11.4 Å². The van der Waals surface area contributed by atoms with E-state index in [2.05, 4.69) is 15.3 Å².